The molecule has 7 rings (SSSR count). The van der Waals surface area contributed by atoms with Gasteiger partial charge in [-0.3, -0.25) is 9.36 Å². The van der Waals surface area contributed by atoms with Crippen molar-refractivity contribution in [3.63, 3.8) is 0 Å². The third-order valence-electron chi connectivity index (χ3n) is 7.10. The third-order valence-corrected chi connectivity index (χ3v) is 7.10. The van der Waals surface area contributed by atoms with Crippen molar-refractivity contribution in [2.24, 2.45) is 0 Å². The molecular weight excluding hydrogens is 509 g/mol. The van der Waals surface area contributed by atoms with Gasteiger partial charge in [0.2, 0.25) is 0 Å². The third kappa shape index (κ3) is 3.96. The Morgan fingerprint density at radius 2 is 1.80 bits per heavy atom. The van der Waals surface area contributed by atoms with Crippen LogP contribution in [0.2, 0.25) is 0 Å². The van der Waals surface area contributed by atoms with Gasteiger partial charge in [0.05, 0.1) is 28.1 Å². The molecule has 9 nitrogen and oxygen atoms in total. The number of ether oxygens (including phenoxy) is 1. The maximum atomic E-state index is 15.0. The zero-order valence-corrected chi connectivity index (χ0v) is 21.5. The zero-order chi connectivity index (χ0) is 27.4. The van der Waals surface area contributed by atoms with Crippen LogP contribution < -0.4 is 16.0 Å². The maximum Gasteiger partial charge on any atom is 0.266 e. The summed E-state index contributed by atoms with van der Waals surface area (Å²) in [6.07, 6.45) is 3.29. The Hall–Kier alpha value is -5.12. The lowest BCUT2D eigenvalue weighted by atomic mass is 10.1. The lowest BCUT2D eigenvalue weighted by Crippen LogP contribution is -2.27. The van der Waals surface area contributed by atoms with Gasteiger partial charge in [-0.1, -0.05) is 30.3 Å². The van der Waals surface area contributed by atoms with E-state index in [4.69, 9.17) is 20.6 Å². The van der Waals surface area contributed by atoms with E-state index in [-0.39, 0.29) is 23.2 Å². The summed E-state index contributed by atoms with van der Waals surface area (Å²) in [6.45, 7) is 1.89. The van der Waals surface area contributed by atoms with Crippen LogP contribution in [0.4, 0.5) is 10.2 Å². The van der Waals surface area contributed by atoms with Crippen molar-refractivity contribution in [2.75, 3.05) is 5.73 Å². The summed E-state index contributed by atoms with van der Waals surface area (Å²) in [6, 6.07) is 20.7. The molecule has 0 amide bonds. The summed E-state index contributed by atoms with van der Waals surface area (Å²) in [5, 5.41) is 5.85. The summed E-state index contributed by atoms with van der Waals surface area (Å²) in [4.78, 5) is 27.3. The second-order valence-corrected chi connectivity index (χ2v) is 9.85. The van der Waals surface area contributed by atoms with Gasteiger partial charge in [-0.15, -0.1) is 0 Å². The van der Waals surface area contributed by atoms with Gasteiger partial charge in [0.25, 0.3) is 5.56 Å². The highest BCUT2D eigenvalue weighted by Crippen LogP contribution is 2.36. The number of para-hydroxylation sites is 2. The van der Waals surface area contributed by atoms with E-state index in [2.05, 4.69) is 9.97 Å². The van der Waals surface area contributed by atoms with Crippen molar-refractivity contribution in [3.05, 3.63) is 101 Å². The van der Waals surface area contributed by atoms with Crippen LogP contribution in [0.1, 0.15) is 31.6 Å². The van der Waals surface area contributed by atoms with Crippen LogP contribution >= 0.6 is 0 Å². The minimum atomic E-state index is -0.564. The van der Waals surface area contributed by atoms with Gasteiger partial charge in [0.1, 0.15) is 29.7 Å². The Morgan fingerprint density at radius 3 is 2.58 bits per heavy atom. The van der Waals surface area contributed by atoms with Crippen LogP contribution in [0.25, 0.3) is 38.9 Å². The zero-order valence-electron chi connectivity index (χ0n) is 21.5. The first kappa shape index (κ1) is 24.0. The summed E-state index contributed by atoms with van der Waals surface area (Å²) in [7, 11) is 0. The number of halogens is 1. The fourth-order valence-electron chi connectivity index (χ4n) is 4.94. The van der Waals surface area contributed by atoms with Gasteiger partial charge in [-0.2, -0.15) is 5.10 Å². The molecule has 3 heterocycles. The van der Waals surface area contributed by atoms with Crippen LogP contribution in [0.15, 0.2) is 83.9 Å². The molecule has 0 radical (unpaired) electrons. The number of rotatable bonds is 6. The molecule has 0 bridgehead atoms. The van der Waals surface area contributed by atoms with Crippen molar-refractivity contribution < 1.29 is 9.13 Å². The molecule has 3 aromatic heterocycles. The summed E-state index contributed by atoms with van der Waals surface area (Å²) >= 11 is 0. The van der Waals surface area contributed by atoms with E-state index in [0.717, 1.165) is 12.8 Å². The SMILES string of the molecule is CC(c1nc2ccccc2c(=O)n1-c1ccccc1)n1nc(-c2ccc(OC3CC3)c(F)c2)c2c(N)ncnc21. The normalized spacial score (nSPS) is 14.1. The number of hydrogen-bond acceptors (Lipinski definition) is 7. The second-order valence-electron chi connectivity index (χ2n) is 9.85. The van der Waals surface area contributed by atoms with E-state index < -0.39 is 11.9 Å². The number of anilines is 1. The molecule has 2 N–H and O–H groups in total. The van der Waals surface area contributed by atoms with Gasteiger partial charge in [-0.05, 0) is 62.2 Å². The van der Waals surface area contributed by atoms with Crippen LogP contribution in [-0.4, -0.2) is 35.4 Å². The molecule has 0 aliphatic heterocycles. The molecule has 10 heteroatoms. The van der Waals surface area contributed by atoms with Gasteiger partial charge in [-0.25, -0.2) is 24.0 Å². The lowest BCUT2D eigenvalue weighted by molar-refractivity contribution is 0.287. The van der Waals surface area contributed by atoms with Crippen molar-refractivity contribution >= 4 is 27.8 Å². The van der Waals surface area contributed by atoms with E-state index in [0.29, 0.717) is 44.7 Å². The topological polar surface area (TPSA) is 114 Å². The van der Waals surface area contributed by atoms with Crippen molar-refractivity contribution in [3.8, 4) is 22.7 Å². The standard InChI is InChI=1S/C30H24FN7O2/c1-17(28-35-23-10-6-5-9-21(23)30(39)37(28)19-7-3-2-4-8-19)38-29-25(27(32)33-16-34-29)26(36-38)18-11-14-24(22(31)15-18)40-20-12-13-20/h2-11,14-17,20H,12-13H2,1H3,(H2,32,33,34). The summed E-state index contributed by atoms with van der Waals surface area (Å²) in [5.41, 5.74) is 8.73. The Kier molecular flexibility index (Phi) is 5.55. The average molecular weight is 534 g/mol. The molecular formula is C30H24FN7O2. The predicted octanol–water partition coefficient (Wildman–Crippen LogP) is 5.06. The van der Waals surface area contributed by atoms with E-state index in [1.54, 1.807) is 27.4 Å². The Balaban J connectivity index is 1.43. The van der Waals surface area contributed by atoms with Crippen molar-refractivity contribution in [2.45, 2.75) is 31.9 Å². The lowest BCUT2D eigenvalue weighted by Gasteiger charge is -2.19. The van der Waals surface area contributed by atoms with E-state index >= 15 is 4.39 Å². The molecule has 3 aromatic carbocycles. The molecule has 40 heavy (non-hydrogen) atoms. The molecule has 0 saturated heterocycles. The van der Waals surface area contributed by atoms with Crippen molar-refractivity contribution in [1.29, 1.82) is 0 Å². The number of nitrogens with two attached hydrogens (primary N) is 1. The molecule has 1 unspecified atom stereocenters. The largest absolute Gasteiger partial charge is 0.487 e. The molecule has 0 spiro atoms. The number of benzene rings is 3. The Labute approximate surface area is 227 Å². The highest BCUT2D eigenvalue weighted by Gasteiger charge is 2.27. The molecule has 1 aliphatic carbocycles. The first-order chi connectivity index (χ1) is 19.5. The number of nitrogens with zero attached hydrogens (tertiary/aromatic N) is 6. The molecule has 1 aliphatic rings. The number of fused-ring (bicyclic) bond motifs is 2. The molecule has 1 fully saturated rings. The number of aromatic nitrogens is 6. The molecule has 6 aromatic rings. The highest BCUT2D eigenvalue weighted by atomic mass is 19.1. The summed E-state index contributed by atoms with van der Waals surface area (Å²) in [5.74, 6) is 0.399. The monoisotopic (exact) mass is 533 g/mol. The minimum Gasteiger partial charge on any atom is -0.487 e. The minimum absolute atomic E-state index is 0.0713. The van der Waals surface area contributed by atoms with Crippen LogP contribution in [0.5, 0.6) is 5.75 Å². The van der Waals surface area contributed by atoms with Crippen LogP contribution in [0.3, 0.4) is 0 Å². The summed E-state index contributed by atoms with van der Waals surface area (Å²) < 4.78 is 23.9. The fraction of sp³-hybridized carbons (Fsp3) is 0.167. The Morgan fingerprint density at radius 1 is 1.02 bits per heavy atom. The average Bonchev–Trinajstić information content (AvgIpc) is 3.71. The first-order valence-electron chi connectivity index (χ1n) is 13.0. The molecule has 1 saturated carbocycles. The highest BCUT2D eigenvalue weighted by molar-refractivity contribution is 5.98. The van der Waals surface area contributed by atoms with Crippen LogP contribution in [-0.2, 0) is 0 Å². The van der Waals surface area contributed by atoms with E-state index in [1.165, 1.54) is 12.4 Å². The number of hydrogen-bond donors (Lipinski definition) is 1. The van der Waals surface area contributed by atoms with E-state index in [9.17, 15) is 4.79 Å². The first-order valence-corrected chi connectivity index (χ1v) is 13.0. The second kappa shape index (κ2) is 9.26. The van der Waals surface area contributed by atoms with Crippen molar-refractivity contribution in [1.82, 2.24) is 29.3 Å². The van der Waals surface area contributed by atoms with Gasteiger partial charge in [0.15, 0.2) is 17.2 Å². The number of nitrogen functional groups attached to an aromatic ring is 1. The Bertz CT molecular complexity index is 1970. The fourth-order valence-corrected chi connectivity index (χ4v) is 4.94. The van der Waals surface area contributed by atoms with Gasteiger partial charge >= 0.3 is 0 Å². The molecule has 1 atom stereocenters. The predicted molar refractivity (Wildman–Crippen MR) is 150 cm³/mol. The van der Waals surface area contributed by atoms with Crippen LogP contribution in [0, 0.1) is 5.82 Å². The quantitative estimate of drug-likeness (QED) is 0.318. The van der Waals surface area contributed by atoms with Gasteiger partial charge < -0.3 is 10.5 Å². The maximum absolute atomic E-state index is 15.0. The smallest absolute Gasteiger partial charge is 0.266 e. The van der Waals surface area contributed by atoms with E-state index in [1.807, 2.05) is 55.5 Å². The molecule has 198 valence electrons. The van der Waals surface area contributed by atoms with Gasteiger partial charge in [0, 0.05) is 5.56 Å².